The van der Waals surface area contributed by atoms with Crippen LogP contribution >= 0.6 is 0 Å². The van der Waals surface area contributed by atoms with Gasteiger partial charge in [0, 0.05) is 25.7 Å². The Morgan fingerprint density at radius 2 is 1.97 bits per heavy atom. The molecule has 3 heterocycles. The number of rotatable bonds is 4. The Bertz CT molecular complexity index is 1100. The van der Waals surface area contributed by atoms with Crippen LogP contribution in [0.15, 0.2) is 28.7 Å². The Morgan fingerprint density at radius 3 is 2.66 bits per heavy atom. The Hall–Kier alpha value is -3.49. The fourth-order valence-corrected chi connectivity index (χ4v) is 3.42. The summed E-state index contributed by atoms with van der Waals surface area (Å²) in [6.45, 7) is 6.20. The molecule has 0 bridgehead atoms. The predicted octanol–water partition coefficient (Wildman–Crippen LogP) is 2.39. The maximum Gasteiger partial charge on any atom is 0.322 e. The molecule has 0 spiro atoms. The minimum absolute atomic E-state index is 0.000863. The van der Waals surface area contributed by atoms with Crippen LogP contribution < -0.4 is 10.2 Å². The van der Waals surface area contributed by atoms with Crippen LogP contribution in [0.5, 0.6) is 0 Å². The van der Waals surface area contributed by atoms with Gasteiger partial charge in [0.15, 0.2) is 0 Å². The van der Waals surface area contributed by atoms with Crippen LogP contribution in [0.1, 0.15) is 23.2 Å². The van der Waals surface area contributed by atoms with E-state index in [9.17, 15) is 9.59 Å². The van der Waals surface area contributed by atoms with Crippen molar-refractivity contribution in [2.75, 3.05) is 16.8 Å². The minimum Gasteiger partial charge on any atom is -0.401 e. The summed E-state index contributed by atoms with van der Waals surface area (Å²) in [5.74, 6) is -0.618. The van der Waals surface area contributed by atoms with E-state index in [1.165, 1.54) is 0 Å². The number of nitrogens with one attached hydrogen (secondary N) is 1. The van der Waals surface area contributed by atoms with Crippen molar-refractivity contribution in [1.29, 1.82) is 0 Å². The molecule has 29 heavy (non-hydrogen) atoms. The first-order chi connectivity index (χ1) is 13.8. The fraction of sp³-hybridized carbons (Fsp3) is 0.350. The van der Waals surface area contributed by atoms with Crippen molar-refractivity contribution in [1.82, 2.24) is 20.0 Å². The quantitative estimate of drug-likeness (QED) is 0.728. The number of anilines is 2. The standard InChI is InChI=1S/C20H22N6O3/c1-11-5-6-15(7-12(11)2)26-10-14(9-17(26)27)18(28)21-20-23-22-19(29-20)16-8-13(3)24-25(16)4/h5-8,14H,9-10H2,1-4H3,(H,21,23,28). The van der Waals surface area contributed by atoms with E-state index in [1.54, 1.807) is 16.6 Å². The lowest BCUT2D eigenvalue weighted by Crippen LogP contribution is -2.28. The zero-order valence-corrected chi connectivity index (χ0v) is 16.8. The normalized spacial score (nSPS) is 16.5. The number of aryl methyl sites for hydroxylation is 4. The molecule has 1 N–H and O–H groups in total. The Kier molecular flexibility index (Phi) is 4.65. The molecule has 2 aromatic heterocycles. The average Bonchev–Trinajstić information content (AvgIpc) is 3.36. The number of amides is 2. The van der Waals surface area contributed by atoms with Gasteiger partial charge in [-0.25, -0.2) is 0 Å². The van der Waals surface area contributed by atoms with Crippen LogP contribution in [0.3, 0.4) is 0 Å². The van der Waals surface area contributed by atoms with Crippen LogP contribution in [-0.4, -0.2) is 38.3 Å². The second kappa shape index (κ2) is 7.16. The molecule has 3 aromatic rings. The molecule has 1 unspecified atom stereocenters. The lowest BCUT2D eigenvalue weighted by Gasteiger charge is -2.17. The van der Waals surface area contributed by atoms with E-state index in [0.29, 0.717) is 12.2 Å². The van der Waals surface area contributed by atoms with E-state index in [2.05, 4.69) is 20.6 Å². The van der Waals surface area contributed by atoms with Gasteiger partial charge < -0.3 is 9.32 Å². The third-order valence-corrected chi connectivity index (χ3v) is 5.17. The molecule has 150 valence electrons. The number of hydrogen-bond donors (Lipinski definition) is 1. The summed E-state index contributed by atoms with van der Waals surface area (Å²) in [7, 11) is 1.77. The smallest absolute Gasteiger partial charge is 0.322 e. The zero-order valence-electron chi connectivity index (χ0n) is 16.8. The van der Waals surface area contributed by atoms with Crippen molar-refractivity contribution in [2.24, 2.45) is 13.0 Å². The van der Waals surface area contributed by atoms with Gasteiger partial charge >= 0.3 is 6.01 Å². The minimum atomic E-state index is -0.488. The Labute approximate surface area is 167 Å². The highest BCUT2D eigenvalue weighted by Crippen LogP contribution is 2.28. The predicted molar refractivity (Wildman–Crippen MR) is 106 cm³/mol. The molecule has 1 aromatic carbocycles. The molecule has 0 aliphatic carbocycles. The first kappa shape index (κ1) is 18.9. The Balaban J connectivity index is 1.45. The number of hydrogen-bond acceptors (Lipinski definition) is 6. The van der Waals surface area contributed by atoms with Crippen LogP contribution in [0.2, 0.25) is 0 Å². The zero-order chi connectivity index (χ0) is 20.7. The first-order valence-electron chi connectivity index (χ1n) is 9.35. The summed E-state index contributed by atoms with van der Waals surface area (Å²) in [5, 5.41) is 14.7. The molecular weight excluding hydrogens is 372 g/mol. The van der Waals surface area contributed by atoms with Gasteiger partial charge in [-0.3, -0.25) is 19.6 Å². The van der Waals surface area contributed by atoms with Gasteiger partial charge in [-0.1, -0.05) is 11.2 Å². The SMILES string of the molecule is Cc1cc(-c2nnc(NC(=O)C3CC(=O)N(c4ccc(C)c(C)c4)C3)o2)n(C)n1. The number of nitrogens with zero attached hydrogens (tertiary/aromatic N) is 5. The number of carbonyl (C=O) groups is 2. The fourth-order valence-electron chi connectivity index (χ4n) is 3.42. The number of aromatic nitrogens is 4. The molecule has 1 saturated heterocycles. The number of benzene rings is 1. The Morgan fingerprint density at radius 1 is 1.17 bits per heavy atom. The van der Waals surface area contributed by atoms with Crippen LogP contribution in [0.25, 0.3) is 11.6 Å². The van der Waals surface area contributed by atoms with Crippen molar-refractivity contribution in [3.63, 3.8) is 0 Å². The molecule has 0 saturated carbocycles. The molecule has 2 amide bonds. The summed E-state index contributed by atoms with van der Waals surface area (Å²) in [4.78, 5) is 26.7. The van der Waals surface area contributed by atoms with E-state index < -0.39 is 5.92 Å². The van der Waals surface area contributed by atoms with Gasteiger partial charge in [0.2, 0.25) is 11.8 Å². The third kappa shape index (κ3) is 3.63. The highest BCUT2D eigenvalue weighted by atomic mass is 16.4. The van der Waals surface area contributed by atoms with E-state index in [4.69, 9.17) is 4.42 Å². The molecule has 1 atom stereocenters. The summed E-state index contributed by atoms with van der Waals surface area (Å²) in [6, 6.07) is 7.66. The number of carbonyl (C=O) groups excluding carboxylic acids is 2. The molecule has 1 aliphatic heterocycles. The highest BCUT2D eigenvalue weighted by Gasteiger charge is 2.35. The van der Waals surface area contributed by atoms with Gasteiger partial charge in [0.05, 0.1) is 11.6 Å². The van der Waals surface area contributed by atoms with Gasteiger partial charge in [0.1, 0.15) is 5.69 Å². The van der Waals surface area contributed by atoms with Gasteiger partial charge in [-0.15, -0.1) is 5.10 Å². The molecule has 9 heteroatoms. The largest absolute Gasteiger partial charge is 0.401 e. The maximum absolute atomic E-state index is 12.6. The van der Waals surface area contributed by atoms with E-state index in [0.717, 1.165) is 22.5 Å². The van der Waals surface area contributed by atoms with Crippen LogP contribution in [0, 0.1) is 26.7 Å². The molecular formula is C20H22N6O3. The second-order valence-corrected chi connectivity index (χ2v) is 7.37. The van der Waals surface area contributed by atoms with Crippen molar-refractivity contribution >= 4 is 23.5 Å². The lowest BCUT2D eigenvalue weighted by molar-refractivity contribution is -0.122. The molecule has 1 fully saturated rings. The van der Waals surface area contributed by atoms with Gasteiger partial charge in [0.25, 0.3) is 5.89 Å². The molecule has 4 rings (SSSR count). The maximum atomic E-state index is 12.6. The highest BCUT2D eigenvalue weighted by molar-refractivity contribution is 6.03. The van der Waals surface area contributed by atoms with E-state index >= 15 is 0 Å². The van der Waals surface area contributed by atoms with E-state index in [-0.39, 0.29) is 30.1 Å². The second-order valence-electron chi connectivity index (χ2n) is 7.37. The summed E-state index contributed by atoms with van der Waals surface area (Å²) < 4.78 is 7.18. The molecule has 9 nitrogen and oxygen atoms in total. The van der Waals surface area contributed by atoms with Crippen molar-refractivity contribution in [2.45, 2.75) is 27.2 Å². The van der Waals surface area contributed by atoms with Crippen LogP contribution in [-0.2, 0) is 16.6 Å². The molecule has 0 radical (unpaired) electrons. The summed E-state index contributed by atoms with van der Waals surface area (Å²) >= 11 is 0. The van der Waals surface area contributed by atoms with Gasteiger partial charge in [-0.2, -0.15) is 5.10 Å². The average molecular weight is 394 g/mol. The van der Waals surface area contributed by atoms with Gasteiger partial charge in [-0.05, 0) is 50.1 Å². The van der Waals surface area contributed by atoms with Crippen molar-refractivity contribution in [3.05, 3.63) is 41.1 Å². The van der Waals surface area contributed by atoms with Crippen LogP contribution in [0.4, 0.5) is 11.7 Å². The first-order valence-corrected chi connectivity index (χ1v) is 9.35. The lowest BCUT2D eigenvalue weighted by atomic mass is 10.1. The van der Waals surface area contributed by atoms with Crippen molar-refractivity contribution in [3.8, 4) is 11.6 Å². The summed E-state index contributed by atoms with van der Waals surface area (Å²) in [5.41, 5.74) is 4.55. The molecule has 1 aliphatic rings. The monoisotopic (exact) mass is 394 g/mol. The summed E-state index contributed by atoms with van der Waals surface area (Å²) in [6.07, 6.45) is 0.140. The van der Waals surface area contributed by atoms with Crippen molar-refractivity contribution < 1.29 is 14.0 Å². The topological polar surface area (TPSA) is 106 Å². The van der Waals surface area contributed by atoms with E-state index in [1.807, 2.05) is 45.0 Å². The third-order valence-electron chi connectivity index (χ3n) is 5.17.